The first-order chi connectivity index (χ1) is 7.83. The van der Waals surface area contributed by atoms with Crippen molar-refractivity contribution in [3.05, 3.63) is 34.9 Å². The molecule has 1 rings (SSSR count). The van der Waals surface area contributed by atoms with Crippen LogP contribution in [0.3, 0.4) is 0 Å². The van der Waals surface area contributed by atoms with Gasteiger partial charge in [0.25, 0.3) is 0 Å². The number of halogens is 1. The van der Waals surface area contributed by atoms with E-state index in [0.717, 1.165) is 32.0 Å². The summed E-state index contributed by atoms with van der Waals surface area (Å²) in [7, 11) is 0. The molecule has 0 nitrogen and oxygen atoms in total. The molecule has 0 radical (unpaired) electrons. The quantitative estimate of drug-likeness (QED) is 0.429. The zero-order valence-electron chi connectivity index (χ0n) is 9.63. The molecule has 0 unspecified atom stereocenters. The normalized spacial score (nSPS) is 9.62. The van der Waals surface area contributed by atoms with Gasteiger partial charge in [0.1, 0.15) is 0 Å². The van der Waals surface area contributed by atoms with E-state index in [1.54, 1.807) is 0 Å². The van der Waals surface area contributed by atoms with Crippen molar-refractivity contribution in [2.24, 2.45) is 0 Å². The molecule has 0 heterocycles. The van der Waals surface area contributed by atoms with Crippen LogP contribution in [0.5, 0.6) is 0 Å². The minimum atomic E-state index is 0.772. The van der Waals surface area contributed by atoms with Crippen molar-refractivity contribution in [3.8, 4) is 11.8 Å². The van der Waals surface area contributed by atoms with Gasteiger partial charge in [0.15, 0.2) is 0 Å². The second-order valence-electron chi connectivity index (χ2n) is 3.52. The van der Waals surface area contributed by atoms with Crippen LogP contribution >= 0.6 is 11.6 Å². The number of hydrogen-bond acceptors (Lipinski definition) is 0. The molecule has 2 heteroatoms. The van der Waals surface area contributed by atoms with Crippen molar-refractivity contribution in [2.75, 3.05) is 0 Å². The molecule has 1 aromatic rings. The Morgan fingerprint density at radius 3 is 2.62 bits per heavy atom. The van der Waals surface area contributed by atoms with Crippen molar-refractivity contribution < 1.29 is 0 Å². The fourth-order valence-electron chi connectivity index (χ4n) is 1.17. The van der Waals surface area contributed by atoms with E-state index in [-0.39, 0.29) is 0 Å². The van der Waals surface area contributed by atoms with Gasteiger partial charge in [0, 0.05) is 0 Å². The Balaban J connectivity index is 2.20. The number of rotatable bonds is 5. The molecule has 0 atom stereocenters. The molecule has 0 bridgehead atoms. The summed E-state index contributed by atoms with van der Waals surface area (Å²) in [6.45, 7) is 2.25. The molecule has 0 aliphatic rings. The Kier molecular flexibility index (Phi) is 7.43. The third-order valence-corrected chi connectivity index (χ3v) is 4.59. The second kappa shape index (κ2) is 8.71. The first kappa shape index (κ1) is 13.7. The van der Waals surface area contributed by atoms with Crippen LogP contribution in [-0.2, 0) is 0 Å². The molecule has 16 heavy (non-hydrogen) atoms. The van der Waals surface area contributed by atoms with E-state index in [9.17, 15) is 0 Å². The number of hydrogen-bond donors (Lipinski definition) is 0. The molecule has 0 aliphatic heterocycles. The van der Waals surface area contributed by atoms with Gasteiger partial charge >= 0.3 is 110 Å². The Bertz CT molecular complexity index is 345. The van der Waals surface area contributed by atoms with E-state index in [0.29, 0.717) is 0 Å². The first-order valence-electron chi connectivity index (χ1n) is 5.65. The van der Waals surface area contributed by atoms with E-state index >= 15 is 0 Å². The standard InChI is InChI=1S/C14H17ClSe/c1-2-3-11-16-12-5-4-6-13-7-9-14(15)10-8-13/h7-10H,2-3,5,11-12H2,1H3. The number of benzene rings is 1. The molecular weight excluding hydrogens is 283 g/mol. The Hall–Kier alpha value is -0.411. The zero-order valence-corrected chi connectivity index (χ0v) is 12.1. The maximum atomic E-state index is 5.80. The summed E-state index contributed by atoms with van der Waals surface area (Å²) in [5.41, 5.74) is 1.06. The van der Waals surface area contributed by atoms with Gasteiger partial charge in [0.05, 0.1) is 0 Å². The topological polar surface area (TPSA) is 0 Å². The van der Waals surface area contributed by atoms with Crippen LogP contribution in [0.15, 0.2) is 24.3 Å². The van der Waals surface area contributed by atoms with Gasteiger partial charge in [-0.05, 0) is 0 Å². The molecule has 0 spiro atoms. The average molecular weight is 300 g/mol. The van der Waals surface area contributed by atoms with E-state index in [4.69, 9.17) is 11.6 Å². The van der Waals surface area contributed by atoms with Crippen LogP contribution in [0, 0.1) is 11.8 Å². The van der Waals surface area contributed by atoms with Crippen LogP contribution in [0.1, 0.15) is 31.7 Å². The predicted octanol–water partition coefficient (Wildman–Crippen LogP) is 4.42. The Morgan fingerprint density at radius 1 is 1.19 bits per heavy atom. The van der Waals surface area contributed by atoms with E-state index in [1.165, 1.54) is 23.5 Å². The van der Waals surface area contributed by atoms with Crippen LogP contribution in [-0.4, -0.2) is 15.0 Å². The van der Waals surface area contributed by atoms with Gasteiger partial charge in [-0.25, -0.2) is 0 Å². The second-order valence-corrected chi connectivity index (χ2v) is 6.53. The van der Waals surface area contributed by atoms with Crippen molar-refractivity contribution >= 4 is 26.6 Å². The molecule has 0 saturated carbocycles. The first-order valence-corrected chi connectivity index (χ1v) is 8.45. The fraction of sp³-hybridized carbons (Fsp3) is 0.429. The van der Waals surface area contributed by atoms with Crippen LogP contribution in [0.25, 0.3) is 0 Å². The summed E-state index contributed by atoms with van der Waals surface area (Å²) in [4.78, 5) is 0. The van der Waals surface area contributed by atoms with Crippen LogP contribution < -0.4 is 0 Å². The SMILES string of the molecule is CCCC[Se]CCC#Cc1ccc(Cl)cc1. The maximum absolute atomic E-state index is 5.80. The average Bonchev–Trinajstić information content (AvgIpc) is 2.30. The predicted molar refractivity (Wildman–Crippen MR) is 73.2 cm³/mol. The van der Waals surface area contributed by atoms with Gasteiger partial charge in [-0.15, -0.1) is 0 Å². The summed E-state index contributed by atoms with van der Waals surface area (Å²) in [6.07, 6.45) is 3.73. The molecule has 0 amide bonds. The summed E-state index contributed by atoms with van der Waals surface area (Å²) in [5, 5.41) is 3.47. The van der Waals surface area contributed by atoms with Gasteiger partial charge in [-0.2, -0.15) is 0 Å². The molecule has 1 aromatic carbocycles. The Labute approximate surface area is 110 Å². The third kappa shape index (κ3) is 6.23. The van der Waals surface area contributed by atoms with Crippen molar-refractivity contribution in [1.82, 2.24) is 0 Å². The molecule has 0 aromatic heterocycles. The fourth-order valence-corrected chi connectivity index (χ4v) is 3.27. The molecule has 0 aliphatic carbocycles. The van der Waals surface area contributed by atoms with Crippen molar-refractivity contribution in [3.63, 3.8) is 0 Å². The van der Waals surface area contributed by atoms with E-state index < -0.39 is 0 Å². The summed E-state index contributed by atoms with van der Waals surface area (Å²) >= 11 is 6.59. The summed E-state index contributed by atoms with van der Waals surface area (Å²) in [5.74, 6) is 6.38. The van der Waals surface area contributed by atoms with Gasteiger partial charge in [0.2, 0.25) is 0 Å². The van der Waals surface area contributed by atoms with Gasteiger partial charge < -0.3 is 0 Å². The third-order valence-electron chi connectivity index (χ3n) is 2.09. The van der Waals surface area contributed by atoms with Crippen LogP contribution in [0.2, 0.25) is 15.7 Å². The van der Waals surface area contributed by atoms with Gasteiger partial charge in [-0.1, -0.05) is 0 Å². The minimum absolute atomic E-state index is 0.772. The molecule has 86 valence electrons. The van der Waals surface area contributed by atoms with E-state index in [2.05, 4.69) is 18.8 Å². The molecule has 0 saturated heterocycles. The monoisotopic (exact) mass is 300 g/mol. The Morgan fingerprint density at radius 2 is 1.94 bits per heavy atom. The van der Waals surface area contributed by atoms with Crippen molar-refractivity contribution in [2.45, 2.75) is 36.8 Å². The van der Waals surface area contributed by atoms with Gasteiger partial charge in [-0.3, -0.25) is 0 Å². The summed E-state index contributed by atoms with van der Waals surface area (Å²) < 4.78 is 0. The van der Waals surface area contributed by atoms with Crippen molar-refractivity contribution in [1.29, 1.82) is 0 Å². The summed E-state index contributed by atoms with van der Waals surface area (Å²) in [6, 6.07) is 7.71. The molecule has 0 fully saturated rings. The van der Waals surface area contributed by atoms with E-state index in [1.807, 2.05) is 24.3 Å². The number of unbranched alkanes of at least 4 members (excludes halogenated alkanes) is 1. The molecular formula is C14H17ClSe. The van der Waals surface area contributed by atoms with Crippen LogP contribution in [0.4, 0.5) is 0 Å². The zero-order chi connectivity index (χ0) is 11.6. The molecule has 0 N–H and O–H groups in total.